The molecule has 0 spiro atoms. The molecule has 0 saturated heterocycles. The first-order chi connectivity index (χ1) is 8.56. The fourth-order valence-electron chi connectivity index (χ4n) is 2.28. The zero-order chi connectivity index (χ0) is 13.6. The second-order valence-electron chi connectivity index (χ2n) is 4.78. The Morgan fingerprint density at radius 3 is 2.32 bits per heavy atom. The van der Waals surface area contributed by atoms with Crippen molar-refractivity contribution in [1.29, 1.82) is 0 Å². The third-order valence-electron chi connectivity index (χ3n) is 3.58. The number of hydrogen-bond acceptors (Lipinski definition) is 3. The number of aliphatic imine (C=N–C) groups is 1. The van der Waals surface area contributed by atoms with Crippen LogP contribution < -0.4 is 40.0 Å². The van der Waals surface area contributed by atoms with Gasteiger partial charge in [-0.3, -0.25) is 9.59 Å². The molecule has 1 aliphatic rings. The summed E-state index contributed by atoms with van der Waals surface area (Å²) in [5.74, 6) is -1.06. The number of amides is 2. The van der Waals surface area contributed by atoms with Crippen LogP contribution in [0.5, 0.6) is 0 Å². The van der Waals surface area contributed by atoms with Crippen LogP contribution in [0.1, 0.15) is 58.8 Å². The second kappa shape index (κ2) is 8.72. The van der Waals surface area contributed by atoms with Gasteiger partial charge in [-0.05, 0) is 12.8 Å². The molecule has 1 N–H and O–H groups in total. The molecule has 1 aliphatic heterocycles. The molecule has 1 unspecified atom stereocenters. The summed E-state index contributed by atoms with van der Waals surface area (Å²) in [5.41, 5.74) is -1.11. The molecular weight excluding hydrogens is 255 g/mol. The molecular formula is C13H21N2NaO3. The molecule has 0 aromatic carbocycles. The minimum absolute atomic E-state index is 0. The van der Waals surface area contributed by atoms with Gasteiger partial charge in [0.1, 0.15) is 5.41 Å². The van der Waals surface area contributed by atoms with E-state index < -0.39 is 23.3 Å². The van der Waals surface area contributed by atoms with Gasteiger partial charge in [0.15, 0.2) is 0 Å². The van der Waals surface area contributed by atoms with E-state index in [1.807, 2.05) is 0 Å². The van der Waals surface area contributed by atoms with Crippen LogP contribution in [-0.4, -0.2) is 17.8 Å². The van der Waals surface area contributed by atoms with Crippen molar-refractivity contribution in [1.82, 2.24) is 5.32 Å². The molecule has 0 aliphatic carbocycles. The number of rotatable bonds is 7. The molecule has 6 heteroatoms. The van der Waals surface area contributed by atoms with Crippen LogP contribution >= 0.6 is 0 Å². The molecule has 0 bridgehead atoms. The Kier molecular flexibility index (Phi) is 8.54. The molecule has 2 amide bonds. The average Bonchev–Trinajstić information content (AvgIpc) is 2.32. The number of carbonyl (C=O) groups excluding carboxylic acids is 2. The minimum Gasteiger partial charge on any atom is -0.846 e. The van der Waals surface area contributed by atoms with Crippen LogP contribution in [0.4, 0.5) is 0 Å². The third-order valence-corrected chi connectivity index (χ3v) is 3.58. The Morgan fingerprint density at radius 2 is 1.79 bits per heavy atom. The summed E-state index contributed by atoms with van der Waals surface area (Å²) in [6.07, 6.45) is 6.13. The Balaban J connectivity index is 0.00000324. The van der Waals surface area contributed by atoms with Crippen LogP contribution in [0.3, 0.4) is 0 Å². The first-order valence-corrected chi connectivity index (χ1v) is 6.68. The maximum absolute atomic E-state index is 11.9. The van der Waals surface area contributed by atoms with E-state index in [0.717, 1.165) is 25.7 Å². The van der Waals surface area contributed by atoms with Crippen LogP contribution in [-0.2, 0) is 9.59 Å². The van der Waals surface area contributed by atoms with E-state index in [0.29, 0.717) is 12.8 Å². The van der Waals surface area contributed by atoms with Gasteiger partial charge in [0.25, 0.3) is 5.91 Å². The van der Waals surface area contributed by atoms with Crippen molar-refractivity contribution in [3.05, 3.63) is 0 Å². The molecule has 5 nitrogen and oxygen atoms in total. The average molecular weight is 276 g/mol. The predicted octanol–water partition coefficient (Wildman–Crippen LogP) is -1.88. The van der Waals surface area contributed by atoms with Crippen molar-refractivity contribution in [2.75, 3.05) is 0 Å². The van der Waals surface area contributed by atoms with Crippen LogP contribution in [0.25, 0.3) is 0 Å². The van der Waals surface area contributed by atoms with Crippen molar-refractivity contribution < 1.29 is 44.3 Å². The minimum atomic E-state index is -1.11. The van der Waals surface area contributed by atoms with Crippen molar-refractivity contribution in [2.24, 2.45) is 10.4 Å². The summed E-state index contributed by atoms with van der Waals surface area (Å²) in [6, 6.07) is -0.833. The van der Waals surface area contributed by atoms with Crippen LogP contribution in [0, 0.1) is 5.41 Å². The molecule has 1 heterocycles. The maximum atomic E-state index is 11.9. The largest absolute Gasteiger partial charge is 1.00 e. The van der Waals surface area contributed by atoms with Gasteiger partial charge < -0.3 is 10.4 Å². The Hall–Kier alpha value is -0.390. The predicted molar refractivity (Wildman–Crippen MR) is 66.7 cm³/mol. The van der Waals surface area contributed by atoms with Gasteiger partial charge in [0.2, 0.25) is 5.91 Å². The number of nitrogens with one attached hydrogen (secondary N) is 1. The van der Waals surface area contributed by atoms with Crippen molar-refractivity contribution in [3.63, 3.8) is 0 Å². The quantitative estimate of drug-likeness (QED) is 0.336. The van der Waals surface area contributed by atoms with Gasteiger partial charge in [-0.25, -0.2) is 4.99 Å². The van der Waals surface area contributed by atoms with Crippen LogP contribution in [0.2, 0.25) is 0 Å². The van der Waals surface area contributed by atoms with E-state index >= 15 is 0 Å². The van der Waals surface area contributed by atoms with Crippen molar-refractivity contribution >= 4 is 17.8 Å². The number of hydrogen-bond donors (Lipinski definition) is 1. The van der Waals surface area contributed by atoms with Gasteiger partial charge >= 0.3 is 29.6 Å². The first kappa shape index (κ1) is 18.6. The summed E-state index contributed by atoms with van der Waals surface area (Å²) >= 11 is 0. The van der Waals surface area contributed by atoms with Crippen molar-refractivity contribution in [3.8, 4) is 0 Å². The summed E-state index contributed by atoms with van der Waals surface area (Å²) in [4.78, 5) is 27.1. The fraction of sp³-hybridized carbons (Fsp3) is 0.769. The summed E-state index contributed by atoms with van der Waals surface area (Å²) in [5, 5.41) is 13.1. The topological polar surface area (TPSA) is 81.6 Å². The summed E-state index contributed by atoms with van der Waals surface area (Å²) < 4.78 is 0. The molecule has 0 radical (unpaired) electrons. The van der Waals surface area contributed by atoms with E-state index in [1.165, 1.54) is 6.42 Å². The van der Waals surface area contributed by atoms with Gasteiger partial charge in [0, 0.05) is 0 Å². The van der Waals surface area contributed by atoms with Crippen molar-refractivity contribution in [2.45, 2.75) is 58.8 Å². The molecule has 19 heavy (non-hydrogen) atoms. The van der Waals surface area contributed by atoms with Gasteiger partial charge in [-0.15, -0.1) is 0 Å². The SMILES string of the molecule is CCCCCCCC1(CC)C(=O)N=C([O-])NC1=O.[Na+]. The van der Waals surface area contributed by atoms with E-state index in [9.17, 15) is 14.7 Å². The van der Waals surface area contributed by atoms with E-state index in [2.05, 4.69) is 17.2 Å². The Bertz CT molecular complexity index is 358. The number of nitrogens with zero attached hydrogens (tertiary/aromatic N) is 1. The smallest absolute Gasteiger partial charge is 0.846 e. The first-order valence-electron chi connectivity index (χ1n) is 6.68. The summed E-state index contributed by atoms with van der Waals surface area (Å²) in [6.45, 7) is 3.92. The van der Waals surface area contributed by atoms with Gasteiger partial charge in [-0.1, -0.05) is 46.0 Å². The van der Waals surface area contributed by atoms with E-state index in [1.54, 1.807) is 6.92 Å². The van der Waals surface area contributed by atoms with Gasteiger partial charge in [-0.2, -0.15) is 0 Å². The second-order valence-corrected chi connectivity index (χ2v) is 4.78. The zero-order valence-electron chi connectivity index (χ0n) is 12.1. The van der Waals surface area contributed by atoms with Crippen LogP contribution in [0.15, 0.2) is 4.99 Å². The molecule has 0 saturated carbocycles. The Morgan fingerprint density at radius 1 is 1.16 bits per heavy atom. The molecule has 1 atom stereocenters. The van der Waals surface area contributed by atoms with E-state index in [-0.39, 0.29) is 29.6 Å². The number of carbonyl (C=O) groups is 2. The fourth-order valence-corrected chi connectivity index (χ4v) is 2.28. The number of unbranched alkanes of at least 4 members (excludes halogenated alkanes) is 4. The summed E-state index contributed by atoms with van der Waals surface area (Å²) in [7, 11) is 0. The molecule has 0 aromatic heterocycles. The normalized spacial score (nSPS) is 22.5. The maximum Gasteiger partial charge on any atom is 1.00 e. The van der Waals surface area contributed by atoms with Gasteiger partial charge in [0.05, 0.1) is 6.02 Å². The monoisotopic (exact) mass is 276 g/mol. The molecule has 102 valence electrons. The Labute approximate surface area is 136 Å². The standard InChI is InChI=1S/C13H22N2O3.Na/c1-3-5-6-7-8-9-13(4-2)10(16)14-12(18)15-11(13)17;/h3-9H2,1-2H3,(H2,14,15,16,17,18);/q;+1/p-1. The number of amidine groups is 1. The van der Waals surface area contributed by atoms with E-state index in [4.69, 9.17) is 0 Å². The molecule has 0 aromatic rings. The zero-order valence-corrected chi connectivity index (χ0v) is 14.1. The third kappa shape index (κ3) is 4.58. The molecule has 0 fully saturated rings. The molecule has 1 rings (SSSR count).